The molecule has 1 heterocycles. The van der Waals surface area contributed by atoms with Crippen molar-refractivity contribution in [3.05, 3.63) is 53.6 Å². The number of benzene rings is 2. The molecule has 1 saturated heterocycles. The number of hydrogen-bond acceptors (Lipinski definition) is 5. The molecule has 128 valence electrons. The number of imide groups is 1. The summed E-state index contributed by atoms with van der Waals surface area (Å²) in [6.45, 7) is 1.89. The van der Waals surface area contributed by atoms with E-state index >= 15 is 0 Å². The normalized spacial score (nSPS) is 17.0. The molecular weight excluding hydrogens is 324 g/mol. The van der Waals surface area contributed by atoms with Crippen molar-refractivity contribution < 1.29 is 24.6 Å². The summed E-state index contributed by atoms with van der Waals surface area (Å²) < 4.78 is 0. The van der Waals surface area contributed by atoms with Gasteiger partial charge in [0.25, 0.3) is 5.91 Å². The van der Waals surface area contributed by atoms with Gasteiger partial charge in [-0.25, -0.2) is 9.69 Å². The number of carboxylic acids is 1. The summed E-state index contributed by atoms with van der Waals surface area (Å²) in [5.41, 5.74) is 1.46. The highest BCUT2D eigenvalue weighted by atomic mass is 16.4. The smallest absolute Gasteiger partial charge is 0.339 e. The van der Waals surface area contributed by atoms with Crippen LogP contribution in [0.15, 0.2) is 42.5 Å². The lowest BCUT2D eigenvalue weighted by atomic mass is 10.1. The molecule has 2 amide bonds. The zero-order chi connectivity index (χ0) is 18.1. The van der Waals surface area contributed by atoms with Gasteiger partial charge in [0.2, 0.25) is 5.91 Å². The van der Waals surface area contributed by atoms with Gasteiger partial charge in [-0.05, 0) is 36.8 Å². The Kier molecular flexibility index (Phi) is 4.14. The van der Waals surface area contributed by atoms with Crippen molar-refractivity contribution in [1.29, 1.82) is 0 Å². The Morgan fingerprint density at radius 3 is 2.60 bits per heavy atom. The van der Waals surface area contributed by atoms with Crippen LogP contribution in [0.5, 0.6) is 5.75 Å². The number of aromatic carboxylic acids is 1. The topological polar surface area (TPSA) is 107 Å². The van der Waals surface area contributed by atoms with Gasteiger partial charge >= 0.3 is 5.97 Å². The van der Waals surface area contributed by atoms with E-state index in [0.29, 0.717) is 0 Å². The van der Waals surface area contributed by atoms with Gasteiger partial charge in [-0.3, -0.25) is 9.59 Å². The van der Waals surface area contributed by atoms with Crippen LogP contribution in [0.2, 0.25) is 0 Å². The summed E-state index contributed by atoms with van der Waals surface area (Å²) in [7, 11) is 0. The molecule has 2 aromatic rings. The third kappa shape index (κ3) is 3.03. The molecule has 3 N–H and O–H groups in total. The predicted molar refractivity (Wildman–Crippen MR) is 90.8 cm³/mol. The molecule has 1 unspecified atom stereocenters. The van der Waals surface area contributed by atoms with E-state index in [-0.39, 0.29) is 17.7 Å². The maximum atomic E-state index is 12.6. The van der Waals surface area contributed by atoms with Crippen LogP contribution in [0, 0.1) is 6.92 Å². The molecule has 7 heteroatoms. The molecule has 1 aliphatic rings. The van der Waals surface area contributed by atoms with Crippen LogP contribution >= 0.6 is 0 Å². The minimum atomic E-state index is -1.34. The number of amides is 2. The van der Waals surface area contributed by atoms with Crippen molar-refractivity contribution in [2.24, 2.45) is 0 Å². The summed E-state index contributed by atoms with van der Waals surface area (Å²) in [5.74, 6) is -2.66. The zero-order valence-electron chi connectivity index (χ0n) is 13.4. The zero-order valence-corrected chi connectivity index (χ0v) is 13.4. The lowest BCUT2D eigenvalue weighted by molar-refractivity contribution is -0.121. The minimum Gasteiger partial charge on any atom is -0.507 e. The van der Waals surface area contributed by atoms with E-state index in [1.807, 2.05) is 31.2 Å². The second-order valence-electron chi connectivity index (χ2n) is 5.79. The minimum absolute atomic E-state index is 0.0313. The predicted octanol–water partition coefficient (Wildman–Crippen LogP) is 2.14. The average molecular weight is 340 g/mol. The molecule has 25 heavy (non-hydrogen) atoms. The van der Waals surface area contributed by atoms with Gasteiger partial charge in [-0.2, -0.15) is 0 Å². The number of carboxylic acid groups (broad SMARTS) is 1. The highest BCUT2D eigenvalue weighted by Gasteiger charge is 2.40. The quantitative estimate of drug-likeness (QED) is 0.736. The third-order valence-electron chi connectivity index (χ3n) is 4.09. The molecule has 1 fully saturated rings. The number of aryl methyl sites for hydroxylation is 1. The fourth-order valence-electron chi connectivity index (χ4n) is 2.77. The third-order valence-corrected chi connectivity index (χ3v) is 4.09. The number of para-hydroxylation sites is 1. The number of phenols is 1. The Balaban J connectivity index is 1.88. The number of nitrogens with one attached hydrogen (secondary N) is 1. The second-order valence-corrected chi connectivity index (χ2v) is 5.79. The summed E-state index contributed by atoms with van der Waals surface area (Å²) in [6, 6.07) is 10.3. The highest BCUT2D eigenvalue weighted by molar-refractivity contribution is 6.23. The molecule has 1 atom stereocenters. The first kappa shape index (κ1) is 16.5. The first-order chi connectivity index (χ1) is 11.9. The lowest BCUT2D eigenvalue weighted by Crippen LogP contribution is -2.35. The van der Waals surface area contributed by atoms with Crippen molar-refractivity contribution in [2.45, 2.75) is 19.4 Å². The van der Waals surface area contributed by atoms with Gasteiger partial charge in [0.1, 0.15) is 17.4 Å². The largest absolute Gasteiger partial charge is 0.507 e. The van der Waals surface area contributed by atoms with E-state index in [4.69, 9.17) is 5.11 Å². The Hall–Kier alpha value is -3.35. The van der Waals surface area contributed by atoms with E-state index in [9.17, 15) is 19.5 Å². The van der Waals surface area contributed by atoms with Gasteiger partial charge in [0.15, 0.2) is 0 Å². The Labute approximate surface area is 143 Å². The number of aromatic hydroxyl groups is 1. The molecular formula is C18H16N2O5. The van der Waals surface area contributed by atoms with Crippen LogP contribution in [0.4, 0.5) is 11.4 Å². The molecule has 0 radical (unpaired) electrons. The van der Waals surface area contributed by atoms with E-state index in [2.05, 4.69) is 5.32 Å². The van der Waals surface area contributed by atoms with Crippen molar-refractivity contribution in [1.82, 2.24) is 0 Å². The second kappa shape index (κ2) is 6.27. The van der Waals surface area contributed by atoms with Crippen molar-refractivity contribution in [3.63, 3.8) is 0 Å². The van der Waals surface area contributed by atoms with Crippen LogP contribution < -0.4 is 10.2 Å². The summed E-state index contributed by atoms with van der Waals surface area (Å²) in [5, 5.41) is 21.7. The van der Waals surface area contributed by atoms with Crippen molar-refractivity contribution in [2.75, 3.05) is 10.2 Å². The van der Waals surface area contributed by atoms with Gasteiger partial charge in [0, 0.05) is 5.69 Å². The molecule has 7 nitrogen and oxygen atoms in total. The summed E-state index contributed by atoms with van der Waals surface area (Å²) in [4.78, 5) is 37.0. The van der Waals surface area contributed by atoms with Crippen LogP contribution in [-0.2, 0) is 9.59 Å². The summed E-state index contributed by atoms with van der Waals surface area (Å²) in [6.07, 6.45) is -0.0313. The maximum absolute atomic E-state index is 12.6. The molecule has 2 aromatic carbocycles. The summed E-state index contributed by atoms with van der Waals surface area (Å²) >= 11 is 0. The molecule has 0 aliphatic carbocycles. The molecule has 0 saturated carbocycles. The number of carbonyl (C=O) groups is 3. The van der Waals surface area contributed by atoms with Gasteiger partial charge < -0.3 is 15.5 Å². The Morgan fingerprint density at radius 1 is 1.20 bits per heavy atom. The average Bonchev–Trinajstić information content (AvgIpc) is 2.84. The van der Waals surface area contributed by atoms with Gasteiger partial charge in [-0.1, -0.05) is 18.2 Å². The van der Waals surface area contributed by atoms with Gasteiger partial charge in [-0.15, -0.1) is 0 Å². The SMILES string of the molecule is Cc1ccccc1NC1CC(=O)N(c2ccc(O)c(C(=O)O)c2)C1=O. The van der Waals surface area contributed by atoms with E-state index < -0.39 is 29.6 Å². The molecule has 1 aliphatic heterocycles. The van der Waals surface area contributed by atoms with Crippen molar-refractivity contribution in [3.8, 4) is 5.75 Å². The number of nitrogens with zero attached hydrogens (tertiary/aromatic N) is 1. The first-order valence-electron chi connectivity index (χ1n) is 7.63. The number of carbonyl (C=O) groups excluding carboxylic acids is 2. The molecule has 0 aromatic heterocycles. The van der Waals surface area contributed by atoms with Crippen LogP contribution in [0.1, 0.15) is 22.3 Å². The number of rotatable bonds is 4. The number of anilines is 2. The Morgan fingerprint density at radius 2 is 1.92 bits per heavy atom. The molecule has 3 rings (SSSR count). The Bertz CT molecular complexity index is 878. The first-order valence-corrected chi connectivity index (χ1v) is 7.63. The fourth-order valence-corrected chi connectivity index (χ4v) is 2.77. The monoisotopic (exact) mass is 340 g/mol. The maximum Gasteiger partial charge on any atom is 0.339 e. The van der Waals surface area contributed by atoms with Crippen LogP contribution in [0.25, 0.3) is 0 Å². The fraction of sp³-hybridized carbons (Fsp3) is 0.167. The standard InChI is InChI=1S/C18H16N2O5/c1-10-4-2-3-5-13(10)19-14-9-16(22)20(17(14)23)11-6-7-15(21)12(8-11)18(24)25/h2-8,14,19,21H,9H2,1H3,(H,24,25). The van der Waals surface area contributed by atoms with Gasteiger partial charge in [0.05, 0.1) is 12.1 Å². The van der Waals surface area contributed by atoms with Crippen LogP contribution in [0.3, 0.4) is 0 Å². The van der Waals surface area contributed by atoms with E-state index in [0.717, 1.165) is 28.3 Å². The highest BCUT2D eigenvalue weighted by Crippen LogP contribution is 2.29. The molecule has 0 bridgehead atoms. The number of hydrogen-bond donors (Lipinski definition) is 3. The van der Waals surface area contributed by atoms with E-state index in [1.165, 1.54) is 6.07 Å². The van der Waals surface area contributed by atoms with Crippen molar-refractivity contribution >= 4 is 29.2 Å². The van der Waals surface area contributed by atoms with E-state index in [1.54, 1.807) is 0 Å². The lowest BCUT2D eigenvalue weighted by Gasteiger charge is -2.17. The van der Waals surface area contributed by atoms with Crippen LogP contribution in [-0.4, -0.2) is 34.0 Å². The molecule has 0 spiro atoms.